The van der Waals surface area contributed by atoms with Crippen molar-refractivity contribution in [3.05, 3.63) is 52.7 Å². The standard InChI is InChI=1S/C24H21ClF5N7O2.ClH/c1-36-16(14-9-37(17-5-23(17,26)27)35-19(14)24(28,29)30)8-32-20(36)22(39)33-10-2-3-11(15(25)4-10)21(38)34-18-12-6-31-7-13(12)18;/h2-4,8-9,12-13,17-18,31H,5-7H2,1H3,(H,33,39)(H,34,38);1H/t12?,13?,17-,18?;/m1./s1. The number of nitrogens with one attached hydrogen (secondary N) is 3. The topological polar surface area (TPSA) is 106 Å². The van der Waals surface area contributed by atoms with Gasteiger partial charge in [-0.15, -0.1) is 12.4 Å². The summed E-state index contributed by atoms with van der Waals surface area (Å²) in [5.41, 5.74) is -1.49. The van der Waals surface area contributed by atoms with Crippen molar-refractivity contribution in [2.45, 2.75) is 30.6 Å². The fourth-order valence-corrected chi connectivity index (χ4v) is 5.40. The second kappa shape index (κ2) is 9.70. The summed E-state index contributed by atoms with van der Waals surface area (Å²) >= 11 is 6.29. The molecule has 9 nitrogen and oxygen atoms in total. The van der Waals surface area contributed by atoms with Crippen LogP contribution in [0.4, 0.5) is 27.6 Å². The van der Waals surface area contributed by atoms with Crippen LogP contribution in [0.3, 0.4) is 0 Å². The first-order valence-corrected chi connectivity index (χ1v) is 12.4. The van der Waals surface area contributed by atoms with E-state index in [0.29, 0.717) is 16.5 Å². The van der Waals surface area contributed by atoms with Gasteiger partial charge in [0.15, 0.2) is 11.5 Å². The summed E-state index contributed by atoms with van der Waals surface area (Å²) in [7, 11) is 1.32. The van der Waals surface area contributed by atoms with Crippen molar-refractivity contribution in [2.24, 2.45) is 18.9 Å². The van der Waals surface area contributed by atoms with Crippen molar-refractivity contribution in [3.8, 4) is 11.3 Å². The van der Waals surface area contributed by atoms with Crippen LogP contribution in [0.2, 0.25) is 5.02 Å². The van der Waals surface area contributed by atoms with Crippen molar-refractivity contribution in [1.82, 2.24) is 30.0 Å². The Kier molecular flexibility index (Phi) is 6.86. The molecule has 3 N–H and O–H groups in total. The summed E-state index contributed by atoms with van der Waals surface area (Å²) < 4.78 is 69.6. The largest absolute Gasteiger partial charge is 0.435 e. The number of carbonyl (C=O) groups excluding carboxylic acids is 2. The first-order chi connectivity index (χ1) is 18.3. The summed E-state index contributed by atoms with van der Waals surface area (Å²) in [5.74, 6) is -3.61. The second-order valence-corrected chi connectivity index (χ2v) is 10.4. The molecule has 2 aromatic heterocycles. The van der Waals surface area contributed by atoms with E-state index in [1.807, 2.05) is 0 Å². The zero-order chi connectivity index (χ0) is 27.9. The second-order valence-electron chi connectivity index (χ2n) is 10.0. The Bertz CT molecular complexity index is 1500. The molecule has 6 rings (SSSR count). The van der Waals surface area contributed by atoms with E-state index in [2.05, 4.69) is 26.0 Å². The number of imidazole rings is 1. The molecule has 3 fully saturated rings. The number of fused-ring (bicyclic) bond motifs is 1. The summed E-state index contributed by atoms with van der Waals surface area (Å²) in [4.78, 5) is 29.5. The summed E-state index contributed by atoms with van der Waals surface area (Å²) in [5, 5.41) is 12.2. The molecule has 2 aliphatic carbocycles. The van der Waals surface area contributed by atoms with Gasteiger partial charge in [0.1, 0.15) is 6.04 Å². The van der Waals surface area contributed by atoms with Crippen LogP contribution < -0.4 is 16.0 Å². The van der Waals surface area contributed by atoms with Gasteiger partial charge in [-0.3, -0.25) is 14.3 Å². The first-order valence-electron chi connectivity index (χ1n) is 12.0. The van der Waals surface area contributed by atoms with E-state index in [1.165, 1.54) is 25.2 Å². The molecule has 214 valence electrons. The molecule has 0 radical (unpaired) electrons. The fraction of sp³-hybridized carbons (Fsp3) is 0.417. The molecule has 40 heavy (non-hydrogen) atoms. The molecule has 0 bridgehead atoms. The van der Waals surface area contributed by atoms with E-state index < -0.39 is 41.7 Å². The molecule has 2 unspecified atom stereocenters. The lowest BCUT2D eigenvalue weighted by Crippen LogP contribution is -2.32. The van der Waals surface area contributed by atoms with Crippen molar-refractivity contribution >= 4 is 41.5 Å². The number of piperidine rings is 1. The minimum Gasteiger partial charge on any atom is -0.349 e. The highest BCUT2D eigenvalue weighted by Gasteiger charge is 2.59. The van der Waals surface area contributed by atoms with Crippen LogP contribution in [0.25, 0.3) is 11.3 Å². The molecule has 2 saturated carbocycles. The molecule has 1 aliphatic heterocycles. The minimum atomic E-state index is -4.92. The summed E-state index contributed by atoms with van der Waals surface area (Å²) in [6.07, 6.45) is -3.59. The van der Waals surface area contributed by atoms with Gasteiger partial charge in [-0.05, 0) is 30.0 Å². The number of halogens is 7. The average Bonchev–Trinajstić information content (AvgIpc) is 3.38. The van der Waals surface area contributed by atoms with Crippen LogP contribution in [-0.2, 0) is 13.2 Å². The molecule has 1 aromatic carbocycles. The Balaban J connectivity index is 0.00000323. The normalized spacial score (nSPS) is 24.2. The highest BCUT2D eigenvalue weighted by molar-refractivity contribution is 6.34. The Morgan fingerprint density at radius 1 is 1.18 bits per heavy atom. The van der Waals surface area contributed by atoms with Crippen LogP contribution >= 0.6 is 24.0 Å². The molecule has 3 atom stereocenters. The third-order valence-corrected chi connectivity index (χ3v) is 7.75. The molecule has 16 heteroatoms. The predicted octanol–water partition coefficient (Wildman–Crippen LogP) is 4.16. The molecule has 3 aromatic rings. The van der Waals surface area contributed by atoms with E-state index in [-0.39, 0.29) is 52.1 Å². The molecule has 3 aliphatic rings. The van der Waals surface area contributed by atoms with Gasteiger partial charge in [0.05, 0.1) is 28.0 Å². The number of alkyl halides is 5. The lowest BCUT2D eigenvalue weighted by Gasteiger charge is -2.11. The van der Waals surface area contributed by atoms with E-state index in [1.54, 1.807) is 0 Å². The number of rotatable bonds is 6. The molecule has 3 heterocycles. The molecular weight excluding hydrogens is 584 g/mol. The average molecular weight is 606 g/mol. The summed E-state index contributed by atoms with van der Waals surface area (Å²) in [6, 6.07) is 2.97. The molecular formula is C24H22Cl2F5N7O2. The van der Waals surface area contributed by atoms with Gasteiger partial charge >= 0.3 is 6.18 Å². The Labute approximate surface area is 234 Å². The maximum atomic E-state index is 13.7. The van der Waals surface area contributed by atoms with E-state index >= 15 is 0 Å². The number of amides is 2. The number of aromatic nitrogens is 4. The molecule has 0 spiro atoms. The highest BCUT2D eigenvalue weighted by atomic mass is 35.5. The van der Waals surface area contributed by atoms with Crippen LogP contribution in [-0.4, -0.2) is 56.2 Å². The van der Waals surface area contributed by atoms with Gasteiger partial charge in [0.2, 0.25) is 0 Å². The van der Waals surface area contributed by atoms with Gasteiger partial charge in [-0.2, -0.15) is 18.3 Å². The smallest absolute Gasteiger partial charge is 0.349 e. The van der Waals surface area contributed by atoms with E-state index in [0.717, 1.165) is 30.1 Å². The lowest BCUT2D eigenvalue weighted by molar-refractivity contribution is -0.141. The van der Waals surface area contributed by atoms with E-state index in [9.17, 15) is 31.5 Å². The quantitative estimate of drug-likeness (QED) is 0.366. The van der Waals surface area contributed by atoms with Gasteiger partial charge in [-0.25, -0.2) is 13.8 Å². The third-order valence-electron chi connectivity index (χ3n) is 7.44. The van der Waals surface area contributed by atoms with Crippen LogP contribution in [0.5, 0.6) is 0 Å². The van der Waals surface area contributed by atoms with Crippen LogP contribution in [0, 0.1) is 11.8 Å². The Hall–Kier alpha value is -3.23. The maximum absolute atomic E-state index is 13.7. The van der Waals surface area contributed by atoms with Crippen molar-refractivity contribution in [1.29, 1.82) is 0 Å². The van der Waals surface area contributed by atoms with E-state index in [4.69, 9.17) is 11.6 Å². The Morgan fingerprint density at radius 2 is 1.85 bits per heavy atom. The zero-order valence-electron chi connectivity index (χ0n) is 20.6. The third kappa shape index (κ3) is 4.92. The number of anilines is 1. The van der Waals surface area contributed by atoms with Gasteiger partial charge < -0.3 is 20.5 Å². The number of nitrogens with zero attached hydrogens (tertiary/aromatic N) is 4. The number of carbonyl (C=O) groups is 2. The SMILES string of the molecule is Cl.Cn1c(-c2cn([C@@H]3CC3(F)F)nc2C(F)(F)F)cnc1C(=O)Nc1ccc(C(=O)NC2C3CNCC32)c(Cl)c1. The molecule has 2 amide bonds. The monoisotopic (exact) mass is 605 g/mol. The summed E-state index contributed by atoms with van der Waals surface area (Å²) in [6.45, 7) is 1.72. The van der Waals surface area contributed by atoms with Gasteiger partial charge in [0.25, 0.3) is 17.7 Å². The lowest BCUT2D eigenvalue weighted by atomic mass is 10.2. The molecule has 1 saturated heterocycles. The van der Waals surface area contributed by atoms with Crippen molar-refractivity contribution in [2.75, 3.05) is 18.4 Å². The van der Waals surface area contributed by atoms with Crippen molar-refractivity contribution < 1.29 is 31.5 Å². The minimum absolute atomic E-state index is 0. The maximum Gasteiger partial charge on any atom is 0.435 e. The van der Waals surface area contributed by atoms with Crippen LogP contribution in [0.15, 0.2) is 30.6 Å². The highest BCUT2D eigenvalue weighted by Crippen LogP contribution is 2.53. The zero-order valence-corrected chi connectivity index (χ0v) is 22.2. The fourth-order valence-electron chi connectivity index (χ4n) is 5.13. The van der Waals surface area contributed by atoms with Gasteiger partial charge in [0, 0.05) is 44.5 Å². The van der Waals surface area contributed by atoms with Crippen molar-refractivity contribution in [3.63, 3.8) is 0 Å². The number of hydrogen-bond donors (Lipinski definition) is 3. The number of hydrogen-bond acceptors (Lipinski definition) is 5. The number of benzene rings is 1. The first kappa shape index (κ1) is 28.3. The Morgan fingerprint density at radius 3 is 2.45 bits per heavy atom. The van der Waals surface area contributed by atoms with Gasteiger partial charge in [-0.1, -0.05) is 11.6 Å². The predicted molar refractivity (Wildman–Crippen MR) is 136 cm³/mol. The van der Waals surface area contributed by atoms with Crippen LogP contribution in [0.1, 0.15) is 39.1 Å².